The molecular weight excluding hydrogens is 488 g/mol. The van der Waals surface area contributed by atoms with Crippen LogP contribution in [0.25, 0.3) is 0 Å². The van der Waals surface area contributed by atoms with Gasteiger partial charge in [-0.05, 0) is 84.5 Å². The normalized spacial score (nSPS) is 14.8. The first-order valence-corrected chi connectivity index (χ1v) is 13.7. The second-order valence-corrected chi connectivity index (χ2v) is 10.6. The Bertz CT molecular complexity index is 1500. The van der Waals surface area contributed by atoms with Crippen molar-refractivity contribution in [3.8, 4) is 0 Å². The number of benzene rings is 2. The zero-order valence-corrected chi connectivity index (χ0v) is 21.2. The van der Waals surface area contributed by atoms with Gasteiger partial charge in [-0.1, -0.05) is 25.1 Å². The number of sulfonamides is 1. The molecule has 8 nitrogen and oxygen atoms in total. The topological polar surface area (TPSA) is 113 Å². The fourth-order valence-corrected chi connectivity index (χ4v) is 5.71. The van der Waals surface area contributed by atoms with Crippen LogP contribution in [-0.4, -0.2) is 19.3 Å². The van der Waals surface area contributed by atoms with Gasteiger partial charge in [0.1, 0.15) is 11.6 Å². The molecule has 2 aromatic carbocycles. The smallest absolute Gasteiger partial charge is 0.255 e. The van der Waals surface area contributed by atoms with Gasteiger partial charge in [-0.25, -0.2) is 18.1 Å². The maximum Gasteiger partial charge on any atom is 0.255 e. The van der Waals surface area contributed by atoms with Gasteiger partial charge in [-0.3, -0.25) is 4.79 Å². The zero-order chi connectivity index (χ0) is 25.8. The summed E-state index contributed by atoms with van der Waals surface area (Å²) in [4.78, 5) is 17.4. The number of furan rings is 1. The lowest BCUT2D eigenvalue weighted by molar-refractivity contribution is 0.0948. The highest BCUT2D eigenvalue weighted by Gasteiger charge is 2.28. The number of rotatable bonds is 9. The predicted octanol–water partition coefficient (Wildman–Crippen LogP) is 4.88. The van der Waals surface area contributed by atoms with Crippen molar-refractivity contribution in [1.82, 2.24) is 15.0 Å². The molecule has 0 aliphatic heterocycles. The number of nitrogens with one attached hydrogen (secondary N) is 3. The fraction of sp³-hybridized carbons (Fsp3) is 0.214. The third-order valence-corrected chi connectivity index (χ3v) is 7.97. The molecule has 0 saturated heterocycles. The Morgan fingerprint density at radius 3 is 2.68 bits per heavy atom. The van der Waals surface area contributed by atoms with Crippen molar-refractivity contribution in [3.05, 3.63) is 107 Å². The first-order chi connectivity index (χ1) is 17.9. The number of aryl methyl sites for hydroxylation is 2. The van der Waals surface area contributed by atoms with E-state index in [2.05, 4.69) is 20.3 Å². The van der Waals surface area contributed by atoms with E-state index in [-0.39, 0.29) is 23.4 Å². The summed E-state index contributed by atoms with van der Waals surface area (Å²) < 4.78 is 34.3. The summed E-state index contributed by atoms with van der Waals surface area (Å²) in [7, 11) is -3.67. The molecule has 1 aliphatic rings. The molecule has 0 fully saturated rings. The molecule has 0 bridgehead atoms. The van der Waals surface area contributed by atoms with Crippen LogP contribution in [0.15, 0.2) is 88.5 Å². The van der Waals surface area contributed by atoms with Gasteiger partial charge in [0.2, 0.25) is 10.0 Å². The van der Waals surface area contributed by atoms with Gasteiger partial charge >= 0.3 is 0 Å². The summed E-state index contributed by atoms with van der Waals surface area (Å²) >= 11 is 0. The zero-order valence-electron chi connectivity index (χ0n) is 20.4. The molecule has 2 heterocycles. The van der Waals surface area contributed by atoms with Crippen molar-refractivity contribution in [2.75, 3.05) is 5.32 Å². The number of hydrogen-bond acceptors (Lipinski definition) is 6. The highest BCUT2D eigenvalue weighted by atomic mass is 32.2. The molecule has 3 N–H and O–H groups in total. The van der Waals surface area contributed by atoms with Crippen molar-refractivity contribution in [1.29, 1.82) is 0 Å². The number of amides is 1. The van der Waals surface area contributed by atoms with Crippen molar-refractivity contribution in [2.45, 2.75) is 43.7 Å². The van der Waals surface area contributed by atoms with Gasteiger partial charge in [-0.15, -0.1) is 0 Å². The van der Waals surface area contributed by atoms with Crippen LogP contribution in [0.4, 0.5) is 11.5 Å². The van der Waals surface area contributed by atoms with Crippen LogP contribution in [0.5, 0.6) is 0 Å². The minimum absolute atomic E-state index is 0.256. The summed E-state index contributed by atoms with van der Waals surface area (Å²) in [5.74, 6) is 0.776. The van der Waals surface area contributed by atoms with Crippen LogP contribution in [0, 0.1) is 0 Å². The van der Waals surface area contributed by atoms with E-state index in [0.717, 1.165) is 35.2 Å². The van der Waals surface area contributed by atoms with Crippen LogP contribution in [0.1, 0.15) is 52.2 Å². The van der Waals surface area contributed by atoms with E-state index in [1.807, 2.05) is 37.3 Å². The lowest BCUT2D eigenvalue weighted by Gasteiger charge is -2.16. The Morgan fingerprint density at radius 2 is 1.92 bits per heavy atom. The van der Waals surface area contributed by atoms with Crippen LogP contribution in [-0.2, 0) is 29.4 Å². The molecule has 0 radical (unpaired) electrons. The average Bonchev–Trinajstić information content (AvgIpc) is 3.58. The summed E-state index contributed by atoms with van der Waals surface area (Å²) in [6.45, 7) is 2.30. The molecule has 1 aliphatic carbocycles. The Labute approximate surface area is 216 Å². The van der Waals surface area contributed by atoms with Crippen LogP contribution in [0.2, 0.25) is 0 Å². The molecule has 0 saturated carbocycles. The van der Waals surface area contributed by atoms with Gasteiger partial charge in [0.15, 0.2) is 0 Å². The van der Waals surface area contributed by atoms with Crippen molar-refractivity contribution < 1.29 is 17.6 Å². The lowest BCUT2D eigenvalue weighted by atomic mass is 10.1. The molecule has 9 heteroatoms. The van der Waals surface area contributed by atoms with Gasteiger partial charge in [-0.2, -0.15) is 0 Å². The second kappa shape index (κ2) is 10.6. The minimum atomic E-state index is -3.67. The maximum absolute atomic E-state index is 13.1. The maximum atomic E-state index is 13.1. The Kier molecular flexibility index (Phi) is 7.07. The molecule has 1 atom stereocenters. The number of carbonyl (C=O) groups excluding carboxylic acids is 1. The quantitative estimate of drug-likeness (QED) is 0.292. The predicted molar refractivity (Wildman–Crippen MR) is 141 cm³/mol. The van der Waals surface area contributed by atoms with E-state index in [1.54, 1.807) is 48.9 Å². The van der Waals surface area contributed by atoms with Gasteiger partial charge in [0.25, 0.3) is 5.91 Å². The number of fused-ring (bicyclic) bond motifs is 1. The number of aromatic nitrogens is 1. The van der Waals surface area contributed by atoms with E-state index >= 15 is 0 Å². The molecule has 0 spiro atoms. The SMILES string of the molecule is CCc1ccc(S(=O)(=O)NC2CCc3ccc(Nc4ncccc4C(=O)NCc4ccco4)cc32)cc1. The molecular formula is C28H28N4O4S. The molecule has 2 aromatic heterocycles. The van der Waals surface area contributed by atoms with E-state index < -0.39 is 10.0 Å². The summed E-state index contributed by atoms with van der Waals surface area (Å²) in [6, 6.07) is 19.4. The van der Waals surface area contributed by atoms with Crippen LogP contribution >= 0.6 is 0 Å². The Hall–Kier alpha value is -3.95. The largest absolute Gasteiger partial charge is 0.467 e. The number of pyridine rings is 1. The number of nitrogens with zero attached hydrogens (tertiary/aromatic N) is 1. The first kappa shape index (κ1) is 24.7. The van der Waals surface area contributed by atoms with Gasteiger partial charge in [0, 0.05) is 17.9 Å². The molecule has 1 amide bonds. The summed E-state index contributed by atoms with van der Waals surface area (Å²) in [6.07, 6.45) is 5.47. The third kappa shape index (κ3) is 5.58. The van der Waals surface area contributed by atoms with Crippen molar-refractivity contribution in [2.24, 2.45) is 0 Å². The highest BCUT2D eigenvalue weighted by Crippen LogP contribution is 2.35. The summed E-state index contributed by atoms with van der Waals surface area (Å²) in [5, 5.41) is 6.07. The van der Waals surface area contributed by atoms with Crippen LogP contribution < -0.4 is 15.4 Å². The molecule has 5 rings (SSSR count). The third-order valence-electron chi connectivity index (χ3n) is 6.48. The Balaban J connectivity index is 1.32. The van der Waals surface area contributed by atoms with Crippen LogP contribution in [0.3, 0.4) is 0 Å². The molecule has 190 valence electrons. The molecule has 4 aromatic rings. The number of hydrogen-bond donors (Lipinski definition) is 3. The lowest BCUT2D eigenvalue weighted by Crippen LogP contribution is -2.27. The number of anilines is 2. The fourth-order valence-electron chi connectivity index (χ4n) is 4.46. The summed E-state index contributed by atoms with van der Waals surface area (Å²) in [5.41, 5.74) is 4.21. The second-order valence-electron chi connectivity index (χ2n) is 8.91. The van der Waals surface area contributed by atoms with E-state index in [4.69, 9.17) is 4.42 Å². The van der Waals surface area contributed by atoms with Gasteiger partial charge in [0.05, 0.1) is 23.3 Å². The number of carbonyl (C=O) groups is 1. The standard InChI is InChI=1S/C28H28N4O4S/c1-2-19-7-12-23(13-8-19)37(34,35)32-26-14-10-20-9-11-21(17-25(20)26)31-27-24(6-3-15-29-27)28(33)30-18-22-5-4-16-36-22/h3-9,11-13,15-17,26,32H,2,10,14,18H2,1H3,(H,29,31)(H,30,33). The van der Waals surface area contributed by atoms with Crippen molar-refractivity contribution in [3.63, 3.8) is 0 Å². The van der Waals surface area contributed by atoms with Gasteiger partial charge < -0.3 is 15.1 Å². The Morgan fingerprint density at radius 1 is 1.08 bits per heavy atom. The highest BCUT2D eigenvalue weighted by molar-refractivity contribution is 7.89. The van der Waals surface area contributed by atoms with E-state index in [1.165, 1.54) is 0 Å². The molecule has 1 unspecified atom stereocenters. The van der Waals surface area contributed by atoms with E-state index in [9.17, 15) is 13.2 Å². The van der Waals surface area contributed by atoms with Crippen molar-refractivity contribution >= 4 is 27.4 Å². The average molecular weight is 517 g/mol. The van der Waals surface area contributed by atoms with E-state index in [0.29, 0.717) is 23.6 Å². The molecule has 37 heavy (non-hydrogen) atoms. The first-order valence-electron chi connectivity index (χ1n) is 12.2. The monoisotopic (exact) mass is 516 g/mol. The minimum Gasteiger partial charge on any atom is -0.467 e.